The number of amides is 1. The number of carbonyl (C=O) groups is 1. The van der Waals surface area contributed by atoms with Crippen molar-refractivity contribution < 1.29 is 14.6 Å². The molecule has 5 nitrogen and oxygen atoms in total. The van der Waals surface area contributed by atoms with E-state index in [1.807, 2.05) is 30.3 Å². The fourth-order valence-corrected chi connectivity index (χ4v) is 1.45. The van der Waals surface area contributed by atoms with E-state index < -0.39 is 11.7 Å². The number of rotatable bonds is 6. The number of benzene rings is 1. The van der Waals surface area contributed by atoms with Gasteiger partial charge >= 0.3 is 6.09 Å². The molecule has 0 saturated carbocycles. The fraction of sp³-hybridized carbons (Fsp3) is 0.417. The third-order valence-corrected chi connectivity index (χ3v) is 2.39. The van der Waals surface area contributed by atoms with Crippen LogP contribution in [0.25, 0.3) is 0 Å². The van der Waals surface area contributed by atoms with Crippen molar-refractivity contribution in [2.45, 2.75) is 12.5 Å². The molecule has 0 saturated heterocycles. The van der Waals surface area contributed by atoms with Gasteiger partial charge in [-0.2, -0.15) is 0 Å². The van der Waals surface area contributed by atoms with E-state index >= 15 is 0 Å². The van der Waals surface area contributed by atoms with E-state index in [-0.39, 0.29) is 6.61 Å². The lowest BCUT2D eigenvalue weighted by molar-refractivity contribution is 0.0555. The van der Waals surface area contributed by atoms with Crippen LogP contribution < -0.4 is 11.1 Å². The number of primary amides is 1. The summed E-state index contributed by atoms with van der Waals surface area (Å²) in [4.78, 5) is 10.3. The third-order valence-electron chi connectivity index (χ3n) is 2.39. The maximum Gasteiger partial charge on any atom is 0.404 e. The zero-order valence-electron chi connectivity index (χ0n) is 9.85. The second-order valence-electron chi connectivity index (χ2n) is 3.98. The van der Waals surface area contributed by atoms with Gasteiger partial charge in [0.15, 0.2) is 0 Å². The van der Waals surface area contributed by atoms with Gasteiger partial charge in [0.05, 0.1) is 5.60 Å². The summed E-state index contributed by atoms with van der Waals surface area (Å²) in [5.41, 5.74) is 4.70. The summed E-state index contributed by atoms with van der Waals surface area (Å²) in [6.45, 7) is 2.75. The number of aliphatic hydroxyl groups is 1. The quantitative estimate of drug-likeness (QED) is 0.633. The van der Waals surface area contributed by atoms with E-state index in [0.717, 1.165) is 5.56 Å². The molecule has 5 heteroatoms. The van der Waals surface area contributed by atoms with E-state index in [4.69, 9.17) is 5.73 Å². The number of carbonyl (C=O) groups excluding carboxylic acids is 1. The molecule has 1 unspecified atom stereocenters. The molecule has 0 bridgehead atoms. The predicted molar refractivity (Wildman–Crippen MR) is 64.4 cm³/mol. The first-order chi connectivity index (χ1) is 8.02. The van der Waals surface area contributed by atoms with Crippen molar-refractivity contribution in [2.75, 3.05) is 19.7 Å². The van der Waals surface area contributed by atoms with Gasteiger partial charge in [-0.25, -0.2) is 4.79 Å². The standard InChI is InChI=1S/C12H18N2O3/c1-12(16,10-5-3-2-4-6-10)9-14-7-8-17-11(13)15/h2-6,14,16H,7-9H2,1H3,(H2,13,15). The summed E-state index contributed by atoms with van der Waals surface area (Å²) in [6, 6.07) is 9.37. The Morgan fingerprint density at radius 3 is 2.71 bits per heavy atom. The van der Waals surface area contributed by atoms with E-state index in [1.54, 1.807) is 6.92 Å². The molecule has 1 atom stereocenters. The monoisotopic (exact) mass is 238 g/mol. The summed E-state index contributed by atoms with van der Waals surface area (Å²) in [5, 5.41) is 13.2. The van der Waals surface area contributed by atoms with Gasteiger partial charge in [0.2, 0.25) is 0 Å². The zero-order chi connectivity index (χ0) is 12.7. The largest absolute Gasteiger partial charge is 0.448 e. The molecular formula is C12H18N2O3. The van der Waals surface area contributed by atoms with Crippen molar-refractivity contribution in [1.82, 2.24) is 5.32 Å². The molecule has 0 fully saturated rings. The van der Waals surface area contributed by atoms with E-state index in [1.165, 1.54) is 0 Å². The van der Waals surface area contributed by atoms with Crippen molar-refractivity contribution >= 4 is 6.09 Å². The first-order valence-corrected chi connectivity index (χ1v) is 5.43. The highest BCUT2D eigenvalue weighted by molar-refractivity contribution is 5.64. The minimum absolute atomic E-state index is 0.195. The van der Waals surface area contributed by atoms with Crippen molar-refractivity contribution in [3.8, 4) is 0 Å². The van der Waals surface area contributed by atoms with Crippen LogP contribution in [0.15, 0.2) is 30.3 Å². The number of nitrogens with two attached hydrogens (primary N) is 1. The van der Waals surface area contributed by atoms with Gasteiger partial charge in [0.25, 0.3) is 0 Å². The van der Waals surface area contributed by atoms with Crippen molar-refractivity contribution in [3.05, 3.63) is 35.9 Å². The maximum absolute atomic E-state index is 10.3. The Kier molecular flexibility index (Phi) is 4.93. The van der Waals surface area contributed by atoms with Crippen molar-refractivity contribution in [1.29, 1.82) is 0 Å². The van der Waals surface area contributed by atoms with Crippen LogP contribution in [0.3, 0.4) is 0 Å². The molecule has 0 heterocycles. The number of ether oxygens (including phenoxy) is 1. The van der Waals surface area contributed by atoms with Gasteiger partial charge in [0, 0.05) is 13.1 Å². The summed E-state index contributed by atoms with van der Waals surface area (Å²) < 4.78 is 4.56. The molecule has 4 N–H and O–H groups in total. The minimum Gasteiger partial charge on any atom is -0.448 e. The molecular weight excluding hydrogens is 220 g/mol. The average Bonchev–Trinajstić information content (AvgIpc) is 2.29. The Morgan fingerprint density at radius 2 is 2.12 bits per heavy atom. The van der Waals surface area contributed by atoms with Crippen molar-refractivity contribution in [2.24, 2.45) is 5.73 Å². The zero-order valence-corrected chi connectivity index (χ0v) is 9.85. The molecule has 0 aliphatic carbocycles. The molecule has 1 aromatic carbocycles. The predicted octanol–water partition coefficient (Wildman–Crippen LogP) is 0.579. The highest BCUT2D eigenvalue weighted by Crippen LogP contribution is 2.18. The SMILES string of the molecule is CC(O)(CNCCOC(N)=O)c1ccccc1. The second-order valence-corrected chi connectivity index (χ2v) is 3.98. The molecule has 0 aromatic heterocycles. The van der Waals surface area contributed by atoms with Crippen LogP contribution in [0.2, 0.25) is 0 Å². The van der Waals surface area contributed by atoms with Crippen LogP contribution in [0.5, 0.6) is 0 Å². The molecule has 0 radical (unpaired) electrons. The first kappa shape index (κ1) is 13.5. The van der Waals surface area contributed by atoms with Crippen LogP contribution in [0, 0.1) is 0 Å². The van der Waals surface area contributed by atoms with Crippen LogP contribution in [-0.4, -0.2) is 30.9 Å². The summed E-state index contributed by atoms with van der Waals surface area (Å²) in [7, 11) is 0. The summed E-state index contributed by atoms with van der Waals surface area (Å²) >= 11 is 0. The molecule has 17 heavy (non-hydrogen) atoms. The topological polar surface area (TPSA) is 84.6 Å². The molecule has 0 aliphatic rings. The van der Waals surface area contributed by atoms with Gasteiger partial charge in [-0.1, -0.05) is 30.3 Å². The first-order valence-electron chi connectivity index (χ1n) is 5.43. The third kappa shape index (κ3) is 4.84. The van der Waals surface area contributed by atoms with Gasteiger partial charge in [-0.15, -0.1) is 0 Å². The minimum atomic E-state index is -0.950. The van der Waals surface area contributed by atoms with Crippen LogP contribution in [0.1, 0.15) is 12.5 Å². The van der Waals surface area contributed by atoms with E-state index in [9.17, 15) is 9.90 Å². The number of hydrogen-bond acceptors (Lipinski definition) is 4. The number of hydrogen-bond donors (Lipinski definition) is 3. The molecule has 1 amide bonds. The Bertz CT molecular complexity index is 352. The average molecular weight is 238 g/mol. The lowest BCUT2D eigenvalue weighted by Gasteiger charge is -2.24. The molecule has 1 rings (SSSR count). The normalized spacial score (nSPS) is 14.0. The Morgan fingerprint density at radius 1 is 1.47 bits per heavy atom. The summed E-state index contributed by atoms with van der Waals surface area (Å²) in [5.74, 6) is 0. The van der Waals surface area contributed by atoms with Gasteiger partial charge in [0.1, 0.15) is 6.61 Å². The van der Waals surface area contributed by atoms with Crippen molar-refractivity contribution in [3.63, 3.8) is 0 Å². The van der Waals surface area contributed by atoms with E-state index in [0.29, 0.717) is 13.1 Å². The molecule has 0 spiro atoms. The molecule has 94 valence electrons. The molecule has 0 aliphatic heterocycles. The smallest absolute Gasteiger partial charge is 0.404 e. The van der Waals surface area contributed by atoms with Gasteiger partial charge in [-0.3, -0.25) is 0 Å². The lowest BCUT2D eigenvalue weighted by atomic mass is 9.96. The summed E-state index contributed by atoms with van der Waals surface area (Å²) in [6.07, 6.45) is -0.790. The van der Waals surface area contributed by atoms with E-state index in [2.05, 4.69) is 10.1 Å². The lowest BCUT2D eigenvalue weighted by Crippen LogP contribution is -2.37. The van der Waals surface area contributed by atoms with Crippen LogP contribution in [-0.2, 0) is 10.3 Å². The van der Waals surface area contributed by atoms with Crippen LogP contribution in [0.4, 0.5) is 4.79 Å². The Balaban J connectivity index is 2.33. The van der Waals surface area contributed by atoms with Gasteiger partial charge in [-0.05, 0) is 12.5 Å². The van der Waals surface area contributed by atoms with Gasteiger partial charge < -0.3 is 20.9 Å². The Hall–Kier alpha value is -1.59. The highest BCUT2D eigenvalue weighted by Gasteiger charge is 2.21. The van der Waals surface area contributed by atoms with Crippen LogP contribution >= 0.6 is 0 Å². The number of nitrogens with one attached hydrogen (secondary N) is 1. The molecule has 1 aromatic rings. The second kappa shape index (κ2) is 6.22. The Labute approximate surface area is 101 Å². The maximum atomic E-state index is 10.3. The fourth-order valence-electron chi connectivity index (χ4n) is 1.45. The highest BCUT2D eigenvalue weighted by atomic mass is 16.5.